The van der Waals surface area contributed by atoms with E-state index in [-0.39, 0.29) is 22.3 Å². The molecule has 0 heterocycles. The highest BCUT2D eigenvalue weighted by Crippen LogP contribution is 2.66. The first kappa shape index (κ1) is 15.9. The monoisotopic (exact) mass is 316 g/mol. The van der Waals surface area contributed by atoms with Gasteiger partial charge in [0.15, 0.2) is 0 Å². The summed E-state index contributed by atoms with van der Waals surface area (Å²) in [6.07, 6.45) is 9.82. The van der Waals surface area contributed by atoms with Crippen molar-refractivity contribution >= 4 is 5.78 Å². The van der Waals surface area contributed by atoms with E-state index in [1.54, 1.807) is 0 Å². The zero-order valence-corrected chi connectivity index (χ0v) is 15.2. The minimum atomic E-state index is -0.270. The van der Waals surface area contributed by atoms with Crippen molar-refractivity contribution < 1.29 is 9.90 Å². The minimum Gasteiger partial charge on any atom is -0.393 e. The van der Waals surface area contributed by atoms with Crippen LogP contribution >= 0.6 is 0 Å². The summed E-state index contributed by atoms with van der Waals surface area (Å²) in [5, 5.41) is 10.5. The lowest BCUT2D eigenvalue weighted by Crippen LogP contribution is -2.54. The molecule has 128 valence electrons. The Morgan fingerprint density at radius 3 is 2.52 bits per heavy atom. The van der Waals surface area contributed by atoms with Gasteiger partial charge in [-0.2, -0.15) is 0 Å². The van der Waals surface area contributed by atoms with Crippen LogP contribution in [0, 0.1) is 34.0 Å². The maximum atomic E-state index is 12.5. The van der Waals surface area contributed by atoms with Crippen LogP contribution in [0.1, 0.15) is 72.6 Å². The van der Waals surface area contributed by atoms with Gasteiger partial charge in [-0.05, 0) is 81.0 Å². The fourth-order valence-electron chi connectivity index (χ4n) is 7.19. The zero-order chi connectivity index (χ0) is 16.6. The van der Waals surface area contributed by atoms with Crippen molar-refractivity contribution in [2.24, 2.45) is 34.0 Å². The van der Waals surface area contributed by atoms with Crippen molar-refractivity contribution in [3.63, 3.8) is 0 Å². The highest BCUT2D eigenvalue weighted by Gasteiger charge is 2.60. The van der Waals surface area contributed by atoms with Crippen molar-refractivity contribution in [2.45, 2.75) is 78.7 Å². The van der Waals surface area contributed by atoms with Gasteiger partial charge < -0.3 is 5.11 Å². The van der Waals surface area contributed by atoms with E-state index in [1.165, 1.54) is 18.4 Å². The molecule has 0 aromatic heterocycles. The molecule has 0 aromatic carbocycles. The first-order valence-electron chi connectivity index (χ1n) is 9.64. The van der Waals surface area contributed by atoms with Crippen LogP contribution < -0.4 is 0 Å². The number of aliphatic hydroxyl groups excluding tert-OH is 1. The van der Waals surface area contributed by atoms with E-state index in [9.17, 15) is 9.90 Å². The van der Waals surface area contributed by atoms with E-state index in [1.807, 2.05) is 0 Å². The maximum absolute atomic E-state index is 12.5. The van der Waals surface area contributed by atoms with Crippen LogP contribution in [0.3, 0.4) is 0 Å². The Hall–Kier alpha value is -0.630. The quantitative estimate of drug-likeness (QED) is 0.667. The Morgan fingerprint density at radius 2 is 1.78 bits per heavy atom. The maximum Gasteiger partial charge on any atom is 0.142 e. The third-order valence-corrected chi connectivity index (χ3v) is 8.66. The van der Waals surface area contributed by atoms with E-state index < -0.39 is 0 Å². The summed E-state index contributed by atoms with van der Waals surface area (Å²) < 4.78 is 0. The van der Waals surface area contributed by atoms with Crippen LogP contribution in [0.25, 0.3) is 0 Å². The molecule has 3 fully saturated rings. The second-order valence-corrected chi connectivity index (χ2v) is 9.83. The SMILES string of the molecule is CC1(C)C(=O)CC[C@@]2(C)C1=CC[C@H]1[C@@H]3CC[C@@H](O)[C@@]3(C)CC[C@@H]12. The van der Waals surface area contributed by atoms with Crippen molar-refractivity contribution in [3.8, 4) is 0 Å². The number of carbonyl (C=O) groups excluding carboxylic acids is 1. The predicted molar refractivity (Wildman–Crippen MR) is 91.9 cm³/mol. The van der Waals surface area contributed by atoms with Gasteiger partial charge in [-0.25, -0.2) is 0 Å². The average molecular weight is 316 g/mol. The van der Waals surface area contributed by atoms with Gasteiger partial charge in [-0.15, -0.1) is 0 Å². The first-order chi connectivity index (χ1) is 10.7. The van der Waals surface area contributed by atoms with Gasteiger partial charge >= 0.3 is 0 Å². The second kappa shape index (κ2) is 4.71. The largest absolute Gasteiger partial charge is 0.393 e. The number of carbonyl (C=O) groups is 1. The molecule has 4 rings (SSSR count). The Kier molecular flexibility index (Phi) is 3.25. The molecule has 4 aliphatic rings. The van der Waals surface area contributed by atoms with Crippen molar-refractivity contribution in [1.82, 2.24) is 0 Å². The molecule has 0 unspecified atom stereocenters. The molecule has 23 heavy (non-hydrogen) atoms. The van der Waals surface area contributed by atoms with Crippen LogP contribution in [0.4, 0.5) is 0 Å². The van der Waals surface area contributed by atoms with Crippen molar-refractivity contribution in [3.05, 3.63) is 11.6 Å². The molecular weight excluding hydrogens is 284 g/mol. The number of hydrogen-bond acceptors (Lipinski definition) is 2. The van der Waals surface area contributed by atoms with Crippen LogP contribution in [0.5, 0.6) is 0 Å². The molecule has 0 aromatic rings. The summed E-state index contributed by atoms with van der Waals surface area (Å²) in [4.78, 5) is 12.5. The lowest BCUT2D eigenvalue weighted by atomic mass is 9.45. The number of rotatable bonds is 0. The van der Waals surface area contributed by atoms with E-state index >= 15 is 0 Å². The van der Waals surface area contributed by atoms with Crippen molar-refractivity contribution in [2.75, 3.05) is 0 Å². The molecule has 2 nitrogen and oxygen atoms in total. The molecule has 3 saturated carbocycles. The van der Waals surface area contributed by atoms with Crippen molar-refractivity contribution in [1.29, 1.82) is 0 Å². The standard InChI is InChI=1S/C21H32O2/c1-19(2)16-7-5-13-14-6-8-18(23)21(14,4)11-9-15(13)20(16,3)12-10-17(19)22/h7,13-15,18,23H,5-6,8-12H2,1-4H3/t13-,14-,15-,18+,20+,21-/m0/s1. The predicted octanol–water partition coefficient (Wildman–Crippen LogP) is 4.52. The van der Waals surface area contributed by atoms with E-state index in [2.05, 4.69) is 33.8 Å². The van der Waals surface area contributed by atoms with Gasteiger partial charge in [0.2, 0.25) is 0 Å². The van der Waals surface area contributed by atoms with Crippen LogP contribution in [0.2, 0.25) is 0 Å². The minimum absolute atomic E-state index is 0.101. The van der Waals surface area contributed by atoms with Crippen LogP contribution in [0.15, 0.2) is 11.6 Å². The molecule has 0 amide bonds. The highest BCUT2D eigenvalue weighted by molar-refractivity contribution is 5.89. The first-order valence-corrected chi connectivity index (χ1v) is 9.64. The van der Waals surface area contributed by atoms with Gasteiger partial charge in [-0.1, -0.05) is 25.5 Å². The molecule has 0 saturated heterocycles. The lowest BCUT2D eigenvalue weighted by molar-refractivity contribution is -0.132. The normalized spacial score (nSPS) is 51.5. The third-order valence-electron chi connectivity index (χ3n) is 8.66. The molecule has 0 aliphatic heterocycles. The number of hydrogen-bond donors (Lipinski definition) is 1. The molecule has 2 heteroatoms. The number of ketones is 1. The molecule has 1 N–H and O–H groups in total. The summed E-state index contributed by atoms with van der Waals surface area (Å²) in [6.45, 7) is 9.07. The van der Waals surface area contributed by atoms with Gasteiger partial charge in [0.1, 0.15) is 5.78 Å². The number of fused-ring (bicyclic) bond motifs is 5. The lowest BCUT2D eigenvalue weighted by Gasteiger charge is -2.59. The highest BCUT2D eigenvalue weighted by atomic mass is 16.3. The van der Waals surface area contributed by atoms with Crippen LogP contribution in [-0.2, 0) is 4.79 Å². The fraction of sp³-hybridized carbons (Fsp3) is 0.857. The second-order valence-electron chi connectivity index (χ2n) is 9.83. The number of aliphatic hydroxyl groups is 1. The van der Waals surface area contributed by atoms with E-state index in [0.29, 0.717) is 23.5 Å². The van der Waals surface area contributed by atoms with Gasteiger partial charge in [-0.3, -0.25) is 4.79 Å². The Balaban J connectivity index is 1.74. The molecule has 6 atom stereocenters. The smallest absolute Gasteiger partial charge is 0.142 e. The van der Waals surface area contributed by atoms with Gasteiger partial charge in [0.05, 0.1) is 6.10 Å². The topological polar surface area (TPSA) is 37.3 Å². The van der Waals surface area contributed by atoms with Gasteiger partial charge in [0.25, 0.3) is 0 Å². The summed E-state index contributed by atoms with van der Waals surface area (Å²) in [5.41, 5.74) is 1.51. The van der Waals surface area contributed by atoms with E-state index in [4.69, 9.17) is 0 Å². The molecule has 0 spiro atoms. The summed E-state index contributed by atoms with van der Waals surface area (Å²) >= 11 is 0. The molecule has 0 radical (unpaired) electrons. The van der Waals surface area contributed by atoms with E-state index in [0.717, 1.165) is 32.1 Å². The molecule has 0 bridgehead atoms. The molecule has 4 aliphatic carbocycles. The van der Waals surface area contributed by atoms with Gasteiger partial charge in [0, 0.05) is 11.8 Å². The Bertz CT molecular complexity index is 574. The number of allylic oxidation sites excluding steroid dienone is 2. The summed E-state index contributed by atoms with van der Waals surface area (Å²) in [6, 6.07) is 0. The zero-order valence-electron chi connectivity index (χ0n) is 15.2. The Morgan fingerprint density at radius 1 is 1.04 bits per heavy atom. The molecular formula is C21H32O2. The third kappa shape index (κ3) is 1.88. The Labute approximate surface area is 140 Å². The number of Topliss-reactive ketones (excluding diaryl/α,β-unsaturated/α-hetero) is 1. The average Bonchev–Trinajstić information content (AvgIpc) is 2.79. The fourth-order valence-corrected chi connectivity index (χ4v) is 7.19. The summed E-state index contributed by atoms with van der Waals surface area (Å²) in [7, 11) is 0. The summed E-state index contributed by atoms with van der Waals surface area (Å²) in [5.74, 6) is 2.52. The van der Waals surface area contributed by atoms with Crippen LogP contribution in [-0.4, -0.2) is 17.0 Å².